The molecule has 0 fully saturated rings. The number of aliphatic hydroxyl groups excluding tert-OH is 1. The van der Waals surface area contributed by atoms with Gasteiger partial charge in [-0.05, 0) is 43.0 Å². The van der Waals surface area contributed by atoms with Crippen LogP contribution in [0.2, 0.25) is 0 Å². The van der Waals surface area contributed by atoms with E-state index in [1.807, 2.05) is 6.07 Å². The maximum Gasteiger partial charge on any atom is 0.122 e. The largest absolute Gasteiger partial charge is 0.496 e. The van der Waals surface area contributed by atoms with Gasteiger partial charge in [-0.3, -0.25) is 0 Å². The highest BCUT2D eigenvalue weighted by Crippen LogP contribution is 2.29. The zero-order chi connectivity index (χ0) is 11.4. The highest BCUT2D eigenvalue weighted by atomic mass is 16.5. The van der Waals surface area contributed by atoms with Gasteiger partial charge in [-0.2, -0.15) is 0 Å². The second-order valence-corrected chi connectivity index (χ2v) is 3.89. The van der Waals surface area contributed by atoms with E-state index in [1.165, 1.54) is 16.7 Å². The molecule has 15 heavy (non-hydrogen) atoms. The summed E-state index contributed by atoms with van der Waals surface area (Å²) < 4.78 is 5.27. The van der Waals surface area contributed by atoms with E-state index in [0.29, 0.717) is 0 Å². The Morgan fingerprint density at radius 3 is 2.40 bits per heavy atom. The molecule has 1 atom stereocenters. The molecule has 0 spiro atoms. The van der Waals surface area contributed by atoms with Crippen LogP contribution in [0.3, 0.4) is 0 Å². The van der Waals surface area contributed by atoms with Gasteiger partial charge in [0.05, 0.1) is 7.11 Å². The number of methoxy groups -OCH3 is 1. The molecule has 1 aromatic rings. The Hall–Kier alpha value is -1.02. The van der Waals surface area contributed by atoms with Gasteiger partial charge in [-0.25, -0.2) is 0 Å². The number of rotatable bonds is 4. The van der Waals surface area contributed by atoms with Gasteiger partial charge >= 0.3 is 0 Å². The van der Waals surface area contributed by atoms with Crippen molar-refractivity contribution in [1.82, 2.24) is 0 Å². The Morgan fingerprint density at radius 2 is 1.93 bits per heavy atom. The molecule has 0 heterocycles. The van der Waals surface area contributed by atoms with Crippen molar-refractivity contribution in [2.75, 3.05) is 13.7 Å². The van der Waals surface area contributed by atoms with Crippen molar-refractivity contribution in [3.8, 4) is 5.75 Å². The van der Waals surface area contributed by atoms with E-state index >= 15 is 0 Å². The van der Waals surface area contributed by atoms with Crippen molar-refractivity contribution in [3.63, 3.8) is 0 Å². The first-order valence-corrected chi connectivity index (χ1v) is 5.40. The number of aliphatic hydroxyl groups is 1. The Balaban J connectivity index is 3.16. The zero-order valence-corrected chi connectivity index (χ0v) is 10.0. The van der Waals surface area contributed by atoms with Gasteiger partial charge in [-0.1, -0.05) is 13.0 Å². The molecule has 84 valence electrons. The van der Waals surface area contributed by atoms with Crippen molar-refractivity contribution in [3.05, 3.63) is 28.8 Å². The van der Waals surface area contributed by atoms with E-state index in [4.69, 9.17) is 4.74 Å². The molecule has 0 amide bonds. The van der Waals surface area contributed by atoms with E-state index < -0.39 is 0 Å². The molecule has 2 nitrogen and oxygen atoms in total. The van der Waals surface area contributed by atoms with Crippen LogP contribution in [0.5, 0.6) is 5.75 Å². The van der Waals surface area contributed by atoms with E-state index in [1.54, 1.807) is 7.11 Å². The number of benzene rings is 1. The maximum absolute atomic E-state index is 9.29. The smallest absolute Gasteiger partial charge is 0.122 e. The molecule has 0 radical (unpaired) electrons. The van der Waals surface area contributed by atoms with Gasteiger partial charge in [-0.15, -0.1) is 0 Å². The van der Waals surface area contributed by atoms with Gasteiger partial charge in [0.25, 0.3) is 0 Å². The molecule has 1 unspecified atom stereocenters. The molecule has 0 aromatic heterocycles. The third kappa shape index (κ3) is 2.32. The molecule has 1 rings (SSSR count). The van der Waals surface area contributed by atoms with Crippen LogP contribution in [0.1, 0.15) is 36.0 Å². The number of hydrogen-bond donors (Lipinski definition) is 1. The van der Waals surface area contributed by atoms with E-state index in [2.05, 4.69) is 26.8 Å². The minimum Gasteiger partial charge on any atom is -0.496 e. The van der Waals surface area contributed by atoms with Crippen LogP contribution in [0.25, 0.3) is 0 Å². The van der Waals surface area contributed by atoms with Crippen molar-refractivity contribution < 1.29 is 9.84 Å². The second kappa shape index (κ2) is 5.17. The lowest BCUT2D eigenvalue weighted by Gasteiger charge is -2.18. The van der Waals surface area contributed by atoms with Gasteiger partial charge < -0.3 is 9.84 Å². The summed E-state index contributed by atoms with van der Waals surface area (Å²) in [4.78, 5) is 0. The fraction of sp³-hybridized carbons (Fsp3) is 0.538. The van der Waals surface area contributed by atoms with Gasteiger partial charge in [0.1, 0.15) is 5.75 Å². The summed E-state index contributed by atoms with van der Waals surface area (Å²) in [6.07, 6.45) is 0.961. The first-order chi connectivity index (χ1) is 7.15. The van der Waals surface area contributed by atoms with Crippen LogP contribution in [-0.4, -0.2) is 18.8 Å². The Kier molecular flexibility index (Phi) is 4.15. The maximum atomic E-state index is 9.29. The zero-order valence-electron chi connectivity index (χ0n) is 10.0. The molecule has 0 aliphatic rings. The molecular weight excluding hydrogens is 188 g/mol. The summed E-state index contributed by atoms with van der Waals surface area (Å²) in [7, 11) is 1.69. The minimum absolute atomic E-state index is 0.211. The van der Waals surface area contributed by atoms with Crippen molar-refractivity contribution in [2.45, 2.75) is 33.1 Å². The lowest BCUT2D eigenvalue weighted by molar-refractivity contribution is 0.262. The molecule has 2 heteroatoms. The predicted octanol–water partition coefficient (Wildman–Crippen LogP) is 2.80. The third-order valence-corrected chi connectivity index (χ3v) is 3.15. The lowest BCUT2D eigenvalue weighted by Crippen LogP contribution is -2.06. The summed E-state index contributed by atoms with van der Waals surface area (Å²) in [5.74, 6) is 1.17. The van der Waals surface area contributed by atoms with Crippen LogP contribution in [0.4, 0.5) is 0 Å². The summed E-state index contributed by atoms with van der Waals surface area (Å²) >= 11 is 0. The molecule has 1 aromatic carbocycles. The van der Waals surface area contributed by atoms with Gasteiger partial charge in [0.2, 0.25) is 0 Å². The quantitative estimate of drug-likeness (QED) is 0.824. The summed E-state index contributed by atoms with van der Waals surface area (Å²) in [5.41, 5.74) is 3.63. The topological polar surface area (TPSA) is 29.5 Å². The molecule has 0 saturated carbocycles. The van der Waals surface area contributed by atoms with Crippen LogP contribution in [0.15, 0.2) is 12.1 Å². The average molecular weight is 208 g/mol. The summed E-state index contributed by atoms with van der Waals surface area (Å²) in [6.45, 7) is 6.45. The lowest BCUT2D eigenvalue weighted by atomic mass is 9.90. The van der Waals surface area contributed by atoms with Crippen LogP contribution in [-0.2, 0) is 0 Å². The van der Waals surface area contributed by atoms with Crippen LogP contribution in [0, 0.1) is 13.8 Å². The van der Waals surface area contributed by atoms with Gasteiger partial charge in [0.15, 0.2) is 0 Å². The Bertz CT molecular complexity index is 328. The number of hydrogen-bond acceptors (Lipinski definition) is 2. The normalized spacial score (nSPS) is 12.6. The highest BCUT2D eigenvalue weighted by molar-refractivity contribution is 5.44. The average Bonchev–Trinajstić information content (AvgIpc) is 2.26. The molecule has 1 N–H and O–H groups in total. The first kappa shape index (κ1) is 12.1. The minimum atomic E-state index is 0.211. The SMILES string of the molecule is CCC(CO)c1ccc(OC)c(C)c1C. The molecule has 0 bridgehead atoms. The molecule has 0 aliphatic heterocycles. The van der Waals surface area contributed by atoms with E-state index in [0.717, 1.165) is 12.2 Å². The van der Waals surface area contributed by atoms with Gasteiger partial charge in [0, 0.05) is 12.5 Å². The summed E-state index contributed by atoms with van der Waals surface area (Å²) in [5, 5.41) is 9.29. The monoisotopic (exact) mass is 208 g/mol. The van der Waals surface area contributed by atoms with Crippen molar-refractivity contribution in [1.29, 1.82) is 0 Å². The van der Waals surface area contributed by atoms with E-state index in [9.17, 15) is 5.11 Å². The standard InChI is InChI=1S/C13H20O2/c1-5-11(8-14)12-6-7-13(15-4)10(3)9(12)2/h6-7,11,14H,5,8H2,1-4H3. The number of ether oxygens (including phenoxy) is 1. The molecular formula is C13H20O2. The van der Waals surface area contributed by atoms with Crippen LogP contribution < -0.4 is 4.74 Å². The summed E-state index contributed by atoms with van der Waals surface area (Å²) in [6, 6.07) is 4.04. The van der Waals surface area contributed by atoms with Crippen molar-refractivity contribution >= 4 is 0 Å². The van der Waals surface area contributed by atoms with Crippen LogP contribution >= 0.6 is 0 Å². The van der Waals surface area contributed by atoms with Crippen molar-refractivity contribution in [2.24, 2.45) is 0 Å². The molecule has 0 aliphatic carbocycles. The fourth-order valence-corrected chi connectivity index (χ4v) is 1.93. The Morgan fingerprint density at radius 1 is 1.27 bits per heavy atom. The second-order valence-electron chi connectivity index (χ2n) is 3.89. The molecule has 0 saturated heterocycles. The predicted molar refractivity (Wildman–Crippen MR) is 62.6 cm³/mol. The fourth-order valence-electron chi connectivity index (χ4n) is 1.93. The third-order valence-electron chi connectivity index (χ3n) is 3.15. The first-order valence-electron chi connectivity index (χ1n) is 5.40. The van der Waals surface area contributed by atoms with E-state index in [-0.39, 0.29) is 12.5 Å². The highest BCUT2D eigenvalue weighted by Gasteiger charge is 2.13. The Labute approximate surface area is 91.9 Å².